The maximum Gasteiger partial charge on any atom is 0.410 e. The number of anilines is 1. The van der Waals surface area contributed by atoms with Gasteiger partial charge in [0, 0.05) is 36.3 Å². The summed E-state index contributed by atoms with van der Waals surface area (Å²) in [5.41, 5.74) is 2.00. The number of carbonyl (C=O) groups excluding carboxylic acids is 1. The highest BCUT2D eigenvalue weighted by Crippen LogP contribution is 2.24. The number of amides is 1. The van der Waals surface area contributed by atoms with Crippen LogP contribution in [0.1, 0.15) is 26.3 Å². The lowest BCUT2D eigenvalue weighted by Crippen LogP contribution is -2.50. The lowest BCUT2D eigenvalue weighted by molar-refractivity contribution is 0.0240. The second-order valence-corrected chi connectivity index (χ2v) is 7.36. The highest BCUT2D eigenvalue weighted by molar-refractivity contribution is 9.10. The van der Waals surface area contributed by atoms with Crippen LogP contribution in [0.15, 0.2) is 22.7 Å². The summed E-state index contributed by atoms with van der Waals surface area (Å²) in [6.45, 7) is 10.8. The molecule has 1 fully saturated rings. The fourth-order valence-electron chi connectivity index (χ4n) is 2.37. The molecule has 1 amide bonds. The first-order valence-electron chi connectivity index (χ1n) is 7.25. The van der Waals surface area contributed by atoms with Gasteiger partial charge in [-0.25, -0.2) is 4.79 Å². The molecule has 0 saturated carbocycles. The van der Waals surface area contributed by atoms with Gasteiger partial charge in [-0.05, 0) is 51.5 Å². The van der Waals surface area contributed by atoms with Gasteiger partial charge in [0.05, 0.1) is 0 Å². The molecule has 1 aromatic rings. The van der Waals surface area contributed by atoms with Gasteiger partial charge in [-0.1, -0.05) is 15.9 Å². The molecule has 116 valence electrons. The van der Waals surface area contributed by atoms with Crippen LogP contribution in [0.3, 0.4) is 0 Å². The van der Waals surface area contributed by atoms with Gasteiger partial charge in [-0.15, -0.1) is 0 Å². The van der Waals surface area contributed by atoms with Gasteiger partial charge < -0.3 is 14.5 Å². The van der Waals surface area contributed by atoms with Gasteiger partial charge in [0.1, 0.15) is 5.60 Å². The van der Waals surface area contributed by atoms with Crippen LogP contribution in [-0.2, 0) is 4.74 Å². The Bertz CT molecular complexity index is 497. The van der Waals surface area contributed by atoms with Crippen molar-refractivity contribution in [1.82, 2.24) is 4.90 Å². The second kappa shape index (κ2) is 6.26. The monoisotopic (exact) mass is 354 g/mol. The molecule has 1 aromatic carbocycles. The SMILES string of the molecule is Cc1cc(Br)cc(N2CCN(C(=O)OC(C)(C)C)CC2)c1. The molecule has 0 aliphatic carbocycles. The Balaban J connectivity index is 1.95. The molecular formula is C16H23BrN2O2. The average molecular weight is 355 g/mol. The van der Waals surface area contributed by atoms with E-state index in [1.165, 1.54) is 11.3 Å². The van der Waals surface area contributed by atoms with Gasteiger partial charge >= 0.3 is 6.09 Å². The Morgan fingerprint density at radius 3 is 2.29 bits per heavy atom. The first kappa shape index (κ1) is 16.1. The predicted molar refractivity (Wildman–Crippen MR) is 88.9 cm³/mol. The van der Waals surface area contributed by atoms with Crippen molar-refractivity contribution in [3.63, 3.8) is 0 Å². The largest absolute Gasteiger partial charge is 0.444 e. The molecule has 5 heteroatoms. The van der Waals surface area contributed by atoms with Crippen molar-refractivity contribution in [2.24, 2.45) is 0 Å². The van der Waals surface area contributed by atoms with Crippen LogP contribution in [0.25, 0.3) is 0 Å². The van der Waals surface area contributed by atoms with E-state index in [9.17, 15) is 4.79 Å². The van der Waals surface area contributed by atoms with Gasteiger partial charge in [0.15, 0.2) is 0 Å². The van der Waals surface area contributed by atoms with E-state index >= 15 is 0 Å². The van der Waals surface area contributed by atoms with Gasteiger partial charge in [0.25, 0.3) is 0 Å². The van der Waals surface area contributed by atoms with Crippen LogP contribution in [0.2, 0.25) is 0 Å². The zero-order chi connectivity index (χ0) is 15.6. The third kappa shape index (κ3) is 4.63. The summed E-state index contributed by atoms with van der Waals surface area (Å²) in [6.07, 6.45) is -0.215. The van der Waals surface area contributed by atoms with E-state index in [-0.39, 0.29) is 6.09 Å². The molecule has 1 heterocycles. The van der Waals surface area contributed by atoms with Crippen LogP contribution in [0, 0.1) is 6.92 Å². The molecule has 0 N–H and O–H groups in total. The smallest absolute Gasteiger partial charge is 0.410 e. The fourth-order valence-corrected chi connectivity index (χ4v) is 2.97. The first-order valence-corrected chi connectivity index (χ1v) is 8.04. The minimum absolute atomic E-state index is 0.215. The molecule has 0 bridgehead atoms. The number of rotatable bonds is 1. The third-order valence-electron chi connectivity index (χ3n) is 3.32. The fraction of sp³-hybridized carbons (Fsp3) is 0.562. The summed E-state index contributed by atoms with van der Waals surface area (Å²) in [5.74, 6) is 0. The van der Waals surface area contributed by atoms with Crippen molar-refractivity contribution in [3.8, 4) is 0 Å². The van der Waals surface area contributed by atoms with E-state index < -0.39 is 5.60 Å². The van der Waals surface area contributed by atoms with Gasteiger partial charge in [-0.3, -0.25) is 0 Å². The highest BCUT2D eigenvalue weighted by atomic mass is 79.9. The molecular weight excluding hydrogens is 332 g/mol. The van der Waals surface area contributed by atoms with Crippen molar-refractivity contribution < 1.29 is 9.53 Å². The van der Waals surface area contributed by atoms with Crippen molar-refractivity contribution >= 4 is 27.7 Å². The molecule has 0 unspecified atom stereocenters. The molecule has 21 heavy (non-hydrogen) atoms. The molecule has 1 aliphatic heterocycles. The molecule has 0 atom stereocenters. The number of hydrogen-bond acceptors (Lipinski definition) is 3. The van der Waals surface area contributed by atoms with Crippen LogP contribution < -0.4 is 4.90 Å². The summed E-state index contributed by atoms with van der Waals surface area (Å²) in [6, 6.07) is 6.39. The van der Waals surface area contributed by atoms with Crippen molar-refractivity contribution in [2.45, 2.75) is 33.3 Å². The number of aryl methyl sites for hydroxylation is 1. The number of piperazine rings is 1. The Hall–Kier alpha value is -1.23. The Morgan fingerprint density at radius 2 is 1.76 bits per heavy atom. The Morgan fingerprint density at radius 1 is 1.14 bits per heavy atom. The topological polar surface area (TPSA) is 32.8 Å². The van der Waals surface area contributed by atoms with Crippen LogP contribution in [0.4, 0.5) is 10.5 Å². The second-order valence-electron chi connectivity index (χ2n) is 6.44. The molecule has 2 rings (SSSR count). The number of nitrogens with zero attached hydrogens (tertiary/aromatic N) is 2. The molecule has 0 radical (unpaired) electrons. The molecule has 4 nitrogen and oxygen atoms in total. The predicted octanol–water partition coefficient (Wildman–Crippen LogP) is 3.81. The average Bonchev–Trinajstić information content (AvgIpc) is 2.35. The highest BCUT2D eigenvalue weighted by Gasteiger charge is 2.25. The summed E-state index contributed by atoms with van der Waals surface area (Å²) in [4.78, 5) is 16.1. The molecule has 0 spiro atoms. The first-order chi connectivity index (χ1) is 9.74. The van der Waals surface area contributed by atoms with E-state index in [2.05, 4.69) is 46.0 Å². The number of hydrogen-bond donors (Lipinski definition) is 0. The summed E-state index contributed by atoms with van der Waals surface area (Å²) < 4.78 is 6.51. The van der Waals surface area contributed by atoms with E-state index in [1.807, 2.05) is 20.8 Å². The van der Waals surface area contributed by atoms with Crippen LogP contribution in [-0.4, -0.2) is 42.8 Å². The van der Waals surface area contributed by atoms with E-state index in [0.717, 1.165) is 17.6 Å². The molecule has 1 saturated heterocycles. The van der Waals surface area contributed by atoms with Crippen LogP contribution >= 0.6 is 15.9 Å². The zero-order valence-electron chi connectivity index (χ0n) is 13.1. The van der Waals surface area contributed by atoms with Gasteiger partial charge in [0.2, 0.25) is 0 Å². The van der Waals surface area contributed by atoms with Crippen molar-refractivity contribution in [2.75, 3.05) is 31.1 Å². The number of carbonyl (C=O) groups is 1. The summed E-state index contributed by atoms with van der Waals surface area (Å²) >= 11 is 3.54. The van der Waals surface area contributed by atoms with Crippen molar-refractivity contribution in [3.05, 3.63) is 28.2 Å². The number of halogens is 1. The lowest BCUT2D eigenvalue weighted by atomic mass is 10.2. The maximum atomic E-state index is 12.0. The number of ether oxygens (including phenoxy) is 1. The van der Waals surface area contributed by atoms with E-state index in [1.54, 1.807) is 4.90 Å². The van der Waals surface area contributed by atoms with E-state index in [4.69, 9.17) is 4.74 Å². The summed E-state index contributed by atoms with van der Waals surface area (Å²) in [5, 5.41) is 0. The maximum absolute atomic E-state index is 12.0. The van der Waals surface area contributed by atoms with Gasteiger partial charge in [-0.2, -0.15) is 0 Å². The van der Waals surface area contributed by atoms with Crippen LogP contribution in [0.5, 0.6) is 0 Å². The third-order valence-corrected chi connectivity index (χ3v) is 3.78. The minimum Gasteiger partial charge on any atom is -0.444 e. The Labute approximate surface area is 135 Å². The van der Waals surface area contributed by atoms with E-state index in [0.29, 0.717) is 13.1 Å². The standard InChI is InChI=1S/C16H23BrN2O2/c1-12-9-13(17)11-14(10-12)18-5-7-19(8-6-18)15(20)21-16(2,3)4/h9-11H,5-8H2,1-4H3. The zero-order valence-corrected chi connectivity index (χ0v) is 14.7. The normalized spacial score (nSPS) is 16.0. The Kier molecular flexibility index (Phi) is 4.81. The quantitative estimate of drug-likeness (QED) is 0.768. The van der Waals surface area contributed by atoms with Crippen molar-refractivity contribution in [1.29, 1.82) is 0 Å². The minimum atomic E-state index is -0.435. The summed E-state index contributed by atoms with van der Waals surface area (Å²) in [7, 11) is 0. The number of benzene rings is 1. The molecule has 0 aromatic heterocycles. The lowest BCUT2D eigenvalue weighted by Gasteiger charge is -2.37. The molecule has 1 aliphatic rings.